The van der Waals surface area contributed by atoms with Gasteiger partial charge < -0.3 is 23.8 Å². The van der Waals surface area contributed by atoms with Gasteiger partial charge in [0.1, 0.15) is 23.0 Å². The Kier molecular flexibility index (Phi) is 6.08. The van der Waals surface area contributed by atoms with Crippen LogP contribution in [-0.2, 0) is 0 Å². The van der Waals surface area contributed by atoms with Crippen LogP contribution in [0.4, 0.5) is 14.5 Å². The number of benzene rings is 2. The Labute approximate surface area is 205 Å². The molecule has 0 radical (unpaired) electrons. The van der Waals surface area contributed by atoms with Crippen LogP contribution in [0.15, 0.2) is 72.2 Å². The molecule has 0 saturated heterocycles. The van der Waals surface area contributed by atoms with Crippen molar-refractivity contribution >= 4 is 28.9 Å². The summed E-state index contributed by atoms with van der Waals surface area (Å²) in [5.41, 5.74) is 4.54. The second-order valence-corrected chi connectivity index (χ2v) is 8.91. The molecule has 0 aliphatic carbocycles. The summed E-state index contributed by atoms with van der Waals surface area (Å²) in [7, 11) is 1.89. The van der Waals surface area contributed by atoms with Gasteiger partial charge in [0.05, 0.1) is 12.5 Å². The van der Waals surface area contributed by atoms with Gasteiger partial charge in [-0.15, -0.1) is 0 Å². The highest BCUT2D eigenvalue weighted by Gasteiger charge is 2.28. The number of fused-ring (bicyclic) bond motifs is 1. The van der Waals surface area contributed by atoms with Gasteiger partial charge in [-0.2, -0.15) is 0 Å². The first-order chi connectivity index (χ1) is 16.9. The summed E-state index contributed by atoms with van der Waals surface area (Å²) in [6.07, 6.45) is 5.15. The Bertz CT molecular complexity index is 1430. The third-order valence-electron chi connectivity index (χ3n) is 5.52. The molecule has 2 aromatic carbocycles. The number of hydrogen-bond donors (Lipinski definition) is 2. The smallest absolute Gasteiger partial charge is 0.168 e. The number of nitrogens with one attached hydrogen (secondary N) is 2. The zero-order valence-electron chi connectivity index (χ0n) is 19.1. The van der Waals surface area contributed by atoms with Gasteiger partial charge in [0.15, 0.2) is 17.3 Å². The fourth-order valence-electron chi connectivity index (χ4n) is 3.77. The van der Waals surface area contributed by atoms with Crippen LogP contribution in [0.5, 0.6) is 11.5 Å². The zero-order chi connectivity index (χ0) is 24.5. The monoisotopic (exact) mass is 492 g/mol. The van der Waals surface area contributed by atoms with E-state index in [9.17, 15) is 8.78 Å². The molecular weight excluding hydrogens is 470 g/mol. The number of aromatic amines is 1. The fourth-order valence-corrected chi connectivity index (χ4v) is 4.20. The van der Waals surface area contributed by atoms with Crippen molar-refractivity contribution in [1.29, 1.82) is 0 Å². The molecule has 1 aliphatic rings. The van der Waals surface area contributed by atoms with E-state index in [1.54, 1.807) is 30.5 Å². The van der Waals surface area contributed by atoms with E-state index in [1.807, 2.05) is 43.3 Å². The van der Waals surface area contributed by atoms with E-state index in [0.717, 1.165) is 46.1 Å². The molecule has 3 heterocycles. The van der Waals surface area contributed by atoms with E-state index in [-0.39, 0.29) is 5.75 Å². The molecule has 5 rings (SSSR count). The van der Waals surface area contributed by atoms with Crippen LogP contribution in [-0.4, -0.2) is 27.7 Å². The van der Waals surface area contributed by atoms with Crippen LogP contribution in [0, 0.1) is 11.6 Å². The minimum Gasteiger partial charge on any atom is -0.454 e. The Balaban J connectivity index is 1.64. The summed E-state index contributed by atoms with van der Waals surface area (Å²) in [5.74, 6) is 0.926. The third-order valence-corrected chi connectivity index (χ3v) is 6.19. The second-order valence-electron chi connectivity index (χ2n) is 7.84. The maximum Gasteiger partial charge on any atom is 0.168 e. The first-order valence-electron chi connectivity index (χ1n) is 10.9. The number of furan rings is 1. The van der Waals surface area contributed by atoms with E-state index in [0.29, 0.717) is 22.8 Å². The standard InChI is InChI=1S/C26H22F2N4O2S/c1-4-35-31-17-6-8-23(33-24-7-5-16(27)9-21(24)28)19(10-17)20-13-32(3)15(2)18-11-25(34-26(18)20)22-12-29-14-30-22/h5-14,31H,2,4H2,1,3H3,(H,29,30). The zero-order valence-corrected chi connectivity index (χ0v) is 19.9. The SMILES string of the molecule is C=C1c2cc(-c3cnc[nH]3)oc2C(c2cc(NSCC)ccc2Oc2ccc(F)cc2F)=CN1C. The predicted molar refractivity (Wildman–Crippen MR) is 135 cm³/mol. The topological polar surface area (TPSA) is 66.3 Å². The van der Waals surface area contributed by atoms with Crippen molar-refractivity contribution in [3.63, 3.8) is 0 Å². The lowest BCUT2D eigenvalue weighted by Gasteiger charge is -2.25. The molecule has 2 aromatic heterocycles. The van der Waals surface area contributed by atoms with E-state index in [1.165, 1.54) is 6.07 Å². The number of nitrogens with zero attached hydrogens (tertiary/aromatic N) is 2. The van der Waals surface area contributed by atoms with Gasteiger partial charge >= 0.3 is 0 Å². The Morgan fingerprint density at radius 3 is 2.71 bits per heavy atom. The van der Waals surface area contributed by atoms with Crippen LogP contribution in [0.2, 0.25) is 0 Å². The van der Waals surface area contributed by atoms with Crippen molar-refractivity contribution in [2.45, 2.75) is 6.92 Å². The molecule has 2 N–H and O–H groups in total. The van der Waals surface area contributed by atoms with Gasteiger partial charge in [-0.3, -0.25) is 0 Å². The molecule has 0 atom stereocenters. The molecule has 0 unspecified atom stereocenters. The van der Waals surface area contributed by atoms with Gasteiger partial charge in [-0.1, -0.05) is 25.5 Å². The average molecular weight is 493 g/mol. The lowest BCUT2D eigenvalue weighted by atomic mass is 9.96. The van der Waals surface area contributed by atoms with Crippen molar-refractivity contribution in [1.82, 2.24) is 14.9 Å². The Hall–Kier alpha value is -3.98. The minimum atomic E-state index is -0.789. The highest BCUT2D eigenvalue weighted by Crippen LogP contribution is 2.44. The average Bonchev–Trinajstić information content (AvgIpc) is 3.53. The maximum absolute atomic E-state index is 14.4. The normalized spacial score (nSPS) is 13.0. The Morgan fingerprint density at radius 2 is 1.97 bits per heavy atom. The third kappa shape index (κ3) is 4.42. The fraction of sp³-hybridized carbons (Fsp3) is 0.115. The molecule has 0 bridgehead atoms. The number of aromatic nitrogens is 2. The summed E-state index contributed by atoms with van der Waals surface area (Å²) < 4.78 is 43.4. The number of anilines is 1. The van der Waals surface area contributed by atoms with Crippen molar-refractivity contribution in [3.05, 3.63) is 96.3 Å². The van der Waals surface area contributed by atoms with Crippen LogP contribution < -0.4 is 9.46 Å². The highest BCUT2D eigenvalue weighted by atomic mass is 32.2. The quantitative estimate of drug-likeness (QED) is 0.268. The van der Waals surface area contributed by atoms with Gasteiger partial charge in [0, 0.05) is 53.2 Å². The van der Waals surface area contributed by atoms with Crippen LogP contribution in [0.25, 0.3) is 22.7 Å². The summed E-state index contributed by atoms with van der Waals surface area (Å²) in [5, 5.41) is 0. The van der Waals surface area contributed by atoms with E-state index in [4.69, 9.17) is 9.15 Å². The van der Waals surface area contributed by atoms with E-state index >= 15 is 0 Å². The predicted octanol–water partition coefficient (Wildman–Crippen LogP) is 7.13. The minimum absolute atomic E-state index is 0.0803. The summed E-state index contributed by atoms with van der Waals surface area (Å²) >= 11 is 1.55. The lowest BCUT2D eigenvalue weighted by molar-refractivity contribution is 0.436. The molecule has 4 aromatic rings. The van der Waals surface area contributed by atoms with Crippen molar-refractivity contribution in [2.24, 2.45) is 0 Å². The summed E-state index contributed by atoms with van der Waals surface area (Å²) in [6, 6.07) is 10.6. The van der Waals surface area contributed by atoms with Gasteiger partial charge in [0.2, 0.25) is 0 Å². The van der Waals surface area contributed by atoms with E-state index in [2.05, 4.69) is 21.3 Å². The number of imidazole rings is 1. The number of rotatable bonds is 7. The molecule has 178 valence electrons. The second kappa shape index (κ2) is 9.34. The van der Waals surface area contributed by atoms with Crippen molar-refractivity contribution < 1.29 is 17.9 Å². The highest BCUT2D eigenvalue weighted by molar-refractivity contribution is 8.00. The van der Waals surface area contributed by atoms with Crippen LogP contribution in [0.3, 0.4) is 0 Å². The molecule has 1 aliphatic heterocycles. The van der Waals surface area contributed by atoms with Gasteiger partial charge in [0.25, 0.3) is 0 Å². The largest absolute Gasteiger partial charge is 0.454 e. The number of H-pyrrole nitrogens is 1. The molecule has 0 fully saturated rings. The molecule has 0 spiro atoms. The number of halogens is 2. The van der Waals surface area contributed by atoms with Gasteiger partial charge in [-0.05, 0) is 36.4 Å². The summed E-state index contributed by atoms with van der Waals surface area (Å²) in [6.45, 7) is 6.24. The summed E-state index contributed by atoms with van der Waals surface area (Å²) in [4.78, 5) is 9.02. The molecule has 6 nitrogen and oxygen atoms in total. The van der Waals surface area contributed by atoms with E-state index < -0.39 is 11.6 Å². The number of ether oxygens (including phenoxy) is 1. The van der Waals surface area contributed by atoms with Crippen LogP contribution >= 0.6 is 11.9 Å². The first-order valence-corrected chi connectivity index (χ1v) is 11.8. The molecule has 9 heteroatoms. The molecule has 0 saturated carbocycles. The molecule has 35 heavy (non-hydrogen) atoms. The van der Waals surface area contributed by atoms with Crippen molar-refractivity contribution in [2.75, 3.05) is 17.5 Å². The number of hydrogen-bond acceptors (Lipinski definition) is 6. The lowest BCUT2D eigenvalue weighted by Crippen LogP contribution is -2.15. The Morgan fingerprint density at radius 1 is 1.14 bits per heavy atom. The van der Waals surface area contributed by atoms with Crippen molar-refractivity contribution in [3.8, 4) is 23.0 Å². The molecule has 0 amide bonds. The maximum atomic E-state index is 14.4. The van der Waals surface area contributed by atoms with Gasteiger partial charge in [-0.25, -0.2) is 13.8 Å². The first kappa shape index (κ1) is 22.8. The molecular formula is C26H22F2N4O2S. The van der Waals surface area contributed by atoms with Crippen LogP contribution in [0.1, 0.15) is 23.8 Å².